The number of hydrogen-bond donors (Lipinski definition) is 1. The second kappa shape index (κ2) is 5.62. The normalized spacial score (nSPS) is 10.9. The molecule has 4 aromatic rings. The number of nitrogens with one attached hydrogen (secondary N) is 1. The molecular formula is C17H10FN3O3. The molecule has 0 saturated heterocycles. The van der Waals surface area contributed by atoms with E-state index in [1.807, 2.05) is 0 Å². The number of benzene rings is 1. The Morgan fingerprint density at radius 3 is 2.88 bits per heavy atom. The Bertz CT molecular complexity index is 992. The summed E-state index contributed by atoms with van der Waals surface area (Å²) in [5.41, 5.74) is 1.58. The number of nitrogens with zero attached hydrogens (tertiary/aromatic N) is 2. The minimum atomic E-state index is -0.530. The Morgan fingerprint density at radius 1 is 1.17 bits per heavy atom. The number of fused-ring (bicyclic) bond motifs is 1. The van der Waals surface area contributed by atoms with Crippen molar-refractivity contribution in [3.05, 3.63) is 66.5 Å². The number of anilines is 1. The number of aromatic nitrogens is 2. The van der Waals surface area contributed by atoms with E-state index < -0.39 is 11.7 Å². The Balaban J connectivity index is 1.69. The highest BCUT2D eigenvalue weighted by atomic mass is 19.1. The molecule has 0 aliphatic rings. The number of oxazole rings is 1. The molecule has 0 fully saturated rings. The van der Waals surface area contributed by atoms with E-state index in [1.165, 1.54) is 24.5 Å². The van der Waals surface area contributed by atoms with Crippen molar-refractivity contribution < 1.29 is 18.0 Å². The molecule has 0 aliphatic heterocycles. The van der Waals surface area contributed by atoms with Crippen molar-refractivity contribution >= 4 is 22.8 Å². The number of carbonyl (C=O) groups excluding carboxylic acids is 1. The third kappa shape index (κ3) is 2.63. The summed E-state index contributed by atoms with van der Waals surface area (Å²) in [6.45, 7) is 0. The molecule has 0 radical (unpaired) electrons. The monoisotopic (exact) mass is 323 g/mol. The van der Waals surface area contributed by atoms with Crippen molar-refractivity contribution in [2.45, 2.75) is 0 Å². The maximum Gasteiger partial charge on any atom is 0.291 e. The summed E-state index contributed by atoms with van der Waals surface area (Å²) in [6.07, 6.45) is 2.98. The molecule has 0 atom stereocenters. The van der Waals surface area contributed by atoms with Gasteiger partial charge in [-0.1, -0.05) is 0 Å². The molecule has 3 aromatic heterocycles. The SMILES string of the molecule is O=C(Nc1cc(F)cc(-c2nc3ncccc3o2)c1)c1ccco1. The third-order valence-electron chi connectivity index (χ3n) is 3.31. The van der Waals surface area contributed by atoms with Crippen LogP contribution in [0, 0.1) is 5.82 Å². The average molecular weight is 323 g/mol. The molecule has 0 aliphatic carbocycles. The van der Waals surface area contributed by atoms with Crippen LogP contribution in [0.1, 0.15) is 10.6 Å². The van der Waals surface area contributed by atoms with Crippen LogP contribution in [0.3, 0.4) is 0 Å². The van der Waals surface area contributed by atoms with Gasteiger partial charge in [0.2, 0.25) is 5.89 Å². The van der Waals surface area contributed by atoms with Crippen LogP contribution < -0.4 is 5.32 Å². The van der Waals surface area contributed by atoms with Crippen LogP contribution in [0.25, 0.3) is 22.7 Å². The highest BCUT2D eigenvalue weighted by Gasteiger charge is 2.14. The van der Waals surface area contributed by atoms with Gasteiger partial charge in [-0.25, -0.2) is 9.37 Å². The standard InChI is InChI=1S/C17H10FN3O3/c18-11-7-10(17-21-15-13(24-17)3-1-5-19-15)8-12(9-11)20-16(22)14-4-2-6-23-14/h1-9H,(H,20,22). The van der Waals surface area contributed by atoms with Crippen molar-refractivity contribution in [2.75, 3.05) is 5.32 Å². The summed E-state index contributed by atoms with van der Waals surface area (Å²) in [4.78, 5) is 20.3. The minimum absolute atomic E-state index is 0.131. The van der Waals surface area contributed by atoms with Crippen LogP contribution in [0.5, 0.6) is 0 Å². The number of rotatable bonds is 3. The molecule has 0 saturated carbocycles. The van der Waals surface area contributed by atoms with Gasteiger partial charge in [0.25, 0.3) is 5.91 Å². The number of amides is 1. The van der Waals surface area contributed by atoms with Crippen molar-refractivity contribution in [1.82, 2.24) is 9.97 Å². The van der Waals surface area contributed by atoms with E-state index in [2.05, 4.69) is 15.3 Å². The molecule has 24 heavy (non-hydrogen) atoms. The fraction of sp³-hybridized carbons (Fsp3) is 0. The van der Waals surface area contributed by atoms with Crippen molar-refractivity contribution in [1.29, 1.82) is 0 Å². The maximum absolute atomic E-state index is 13.9. The summed E-state index contributed by atoms with van der Waals surface area (Å²) >= 11 is 0. The zero-order valence-corrected chi connectivity index (χ0v) is 12.2. The van der Waals surface area contributed by atoms with Gasteiger partial charge < -0.3 is 14.2 Å². The van der Waals surface area contributed by atoms with E-state index in [1.54, 1.807) is 30.5 Å². The Labute approximate surface area is 134 Å². The lowest BCUT2D eigenvalue weighted by atomic mass is 10.2. The molecule has 118 valence electrons. The van der Waals surface area contributed by atoms with Gasteiger partial charge in [0.05, 0.1) is 6.26 Å². The second-order valence-electron chi connectivity index (χ2n) is 5.00. The highest BCUT2D eigenvalue weighted by molar-refractivity contribution is 6.02. The molecule has 6 nitrogen and oxygen atoms in total. The van der Waals surface area contributed by atoms with Crippen LogP contribution in [0.15, 0.2) is 63.8 Å². The van der Waals surface area contributed by atoms with Crippen LogP contribution in [0.4, 0.5) is 10.1 Å². The first-order valence-electron chi connectivity index (χ1n) is 7.06. The summed E-state index contributed by atoms with van der Waals surface area (Å²) in [7, 11) is 0. The third-order valence-corrected chi connectivity index (χ3v) is 3.31. The molecule has 3 heterocycles. The number of halogens is 1. The predicted octanol–water partition coefficient (Wildman–Crippen LogP) is 3.87. The minimum Gasteiger partial charge on any atom is -0.459 e. The van der Waals surface area contributed by atoms with Crippen molar-refractivity contribution in [3.63, 3.8) is 0 Å². The van der Waals surface area contributed by atoms with E-state index in [0.717, 1.165) is 0 Å². The molecule has 4 rings (SSSR count). The van der Waals surface area contributed by atoms with Gasteiger partial charge in [0, 0.05) is 17.4 Å². The summed E-state index contributed by atoms with van der Waals surface area (Å²) in [6, 6.07) is 10.6. The molecule has 1 aromatic carbocycles. The largest absolute Gasteiger partial charge is 0.459 e. The lowest BCUT2D eigenvalue weighted by molar-refractivity contribution is 0.0996. The molecule has 0 unspecified atom stereocenters. The van der Waals surface area contributed by atoms with Crippen molar-refractivity contribution in [2.24, 2.45) is 0 Å². The van der Waals surface area contributed by atoms with Gasteiger partial charge in [0.15, 0.2) is 17.0 Å². The van der Waals surface area contributed by atoms with Crippen molar-refractivity contribution in [3.8, 4) is 11.5 Å². The van der Waals surface area contributed by atoms with E-state index in [-0.39, 0.29) is 17.3 Å². The van der Waals surface area contributed by atoms with Crippen LogP contribution in [0.2, 0.25) is 0 Å². The van der Waals surface area contributed by atoms with Gasteiger partial charge in [-0.3, -0.25) is 4.79 Å². The van der Waals surface area contributed by atoms with Gasteiger partial charge in [-0.15, -0.1) is 0 Å². The van der Waals surface area contributed by atoms with Gasteiger partial charge in [-0.2, -0.15) is 4.98 Å². The maximum atomic E-state index is 13.9. The highest BCUT2D eigenvalue weighted by Crippen LogP contribution is 2.26. The number of furan rings is 1. The first kappa shape index (κ1) is 14.1. The molecule has 7 heteroatoms. The summed E-state index contributed by atoms with van der Waals surface area (Å²) in [5, 5.41) is 2.57. The molecule has 1 amide bonds. The van der Waals surface area contributed by atoms with Crippen LogP contribution in [-0.4, -0.2) is 15.9 Å². The average Bonchev–Trinajstić information content (AvgIpc) is 3.24. The van der Waals surface area contributed by atoms with Crippen LogP contribution in [-0.2, 0) is 0 Å². The summed E-state index contributed by atoms with van der Waals surface area (Å²) in [5.74, 6) is -0.656. The predicted molar refractivity (Wildman–Crippen MR) is 83.9 cm³/mol. The van der Waals surface area contributed by atoms with E-state index in [9.17, 15) is 9.18 Å². The van der Waals surface area contributed by atoms with Crippen LogP contribution >= 0.6 is 0 Å². The Kier molecular flexibility index (Phi) is 3.31. The quantitative estimate of drug-likeness (QED) is 0.619. The van der Waals surface area contributed by atoms with Gasteiger partial charge >= 0.3 is 0 Å². The molecule has 0 spiro atoms. The molecule has 1 N–H and O–H groups in total. The van der Waals surface area contributed by atoms with E-state index >= 15 is 0 Å². The fourth-order valence-corrected chi connectivity index (χ4v) is 2.28. The molecular weight excluding hydrogens is 313 g/mol. The first-order chi connectivity index (χ1) is 11.7. The summed E-state index contributed by atoms with van der Waals surface area (Å²) < 4.78 is 24.5. The zero-order chi connectivity index (χ0) is 16.5. The number of pyridine rings is 1. The fourth-order valence-electron chi connectivity index (χ4n) is 2.28. The van der Waals surface area contributed by atoms with Gasteiger partial charge in [-0.05, 0) is 42.5 Å². The first-order valence-corrected chi connectivity index (χ1v) is 7.06. The Hall–Kier alpha value is -3.48. The van der Waals surface area contributed by atoms with E-state index in [0.29, 0.717) is 16.8 Å². The lowest BCUT2D eigenvalue weighted by Crippen LogP contribution is -2.11. The molecule has 0 bridgehead atoms. The topological polar surface area (TPSA) is 81.2 Å². The Morgan fingerprint density at radius 2 is 2.08 bits per heavy atom. The zero-order valence-electron chi connectivity index (χ0n) is 12.2. The number of carbonyl (C=O) groups is 1. The second-order valence-corrected chi connectivity index (χ2v) is 5.00. The number of hydrogen-bond acceptors (Lipinski definition) is 5. The van der Waals surface area contributed by atoms with E-state index in [4.69, 9.17) is 8.83 Å². The smallest absolute Gasteiger partial charge is 0.291 e. The van der Waals surface area contributed by atoms with Gasteiger partial charge in [0.1, 0.15) is 5.82 Å². The lowest BCUT2D eigenvalue weighted by Gasteiger charge is -2.05.